The number of carbonyl (C=O) groups excluding carboxylic acids is 1. The molecule has 1 amide bonds. The van der Waals surface area contributed by atoms with Crippen molar-refractivity contribution in [3.63, 3.8) is 0 Å². The van der Waals surface area contributed by atoms with Gasteiger partial charge in [-0.05, 0) is 30.3 Å². The number of aromatic nitrogens is 2. The summed E-state index contributed by atoms with van der Waals surface area (Å²) in [6.45, 7) is 0.844. The topological polar surface area (TPSA) is 87.6 Å². The Morgan fingerprint density at radius 3 is 2.68 bits per heavy atom. The number of aliphatic hydroxyl groups is 1. The van der Waals surface area contributed by atoms with Gasteiger partial charge < -0.3 is 20.1 Å². The lowest BCUT2D eigenvalue weighted by atomic mass is 10.1. The van der Waals surface area contributed by atoms with Crippen LogP contribution in [0.25, 0.3) is 0 Å². The standard InChI is InChI=1S/C17H19FN4O3/c18-13-2-4-14(5-3-13)25-11-16(24)21-15-9-22(8-12(15)10-23)17-19-6-1-7-20-17/h1-7,12,15,23H,8-11H2,(H,21,24)/t12-,15+/m0/s1. The molecule has 1 fully saturated rings. The monoisotopic (exact) mass is 346 g/mol. The van der Waals surface area contributed by atoms with Gasteiger partial charge in [-0.1, -0.05) is 0 Å². The molecule has 3 rings (SSSR count). The minimum absolute atomic E-state index is 0.0485. The van der Waals surface area contributed by atoms with Crippen LogP contribution in [0.5, 0.6) is 5.75 Å². The summed E-state index contributed by atoms with van der Waals surface area (Å²) < 4.78 is 18.2. The molecule has 1 aromatic heterocycles. The molecule has 7 nitrogen and oxygen atoms in total. The normalized spacial score (nSPS) is 19.7. The molecule has 1 aliphatic rings. The highest BCUT2D eigenvalue weighted by molar-refractivity contribution is 5.78. The van der Waals surface area contributed by atoms with Crippen molar-refractivity contribution in [2.45, 2.75) is 6.04 Å². The third kappa shape index (κ3) is 4.42. The molecule has 8 heteroatoms. The summed E-state index contributed by atoms with van der Waals surface area (Å²) in [7, 11) is 0. The second kappa shape index (κ2) is 7.89. The summed E-state index contributed by atoms with van der Waals surface area (Å²) in [5.41, 5.74) is 0. The summed E-state index contributed by atoms with van der Waals surface area (Å²) in [4.78, 5) is 22.4. The van der Waals surface area contributed by atoms with E-state index in [1.165, 1.54) is 24.3 Å². The smallest absolute Gasteiger partial charge is 0.258 e. The fourth-order valence-electron chi connectivity index (χ4n) is 2.77. The first-order chi connectivity index (χ1) is 12.2. The predicted molar refractivity (Wildman–Crippen MR) is 88.6 cm³/mol. The summed E-state index contributed by atoms with van der Waals surface area (Å²) >= 11 is 0. The highest BCUT2D eigenvalue weighted by Gasteiger charge is 2.34. The van der Waals surface area contributed by atoms with Gasteiger partial charge in [0.25, 0.3) is 5.91 Å². The van der Waals surface area contributed by atoms with Crippen LogP contribution in [0.1, 0.15) is 0 Å². The van der Waals surface area contributed by atoms with Gasteiger partial charge >= 0.3 is 0 Å². The Balaban J connectivity index is 1.53. The van der Waals surface area contributed by atoms with Crippen LogP contribution < -0.4 is 15.0 Å². The quantitative estimate of drug-likeness (QED) is 0.797. The van der Waals surface area contributed by atoms with Crippen LogP contribution in [0.15, 0.2) is 42.7 Å². The minimum Gasteiger partial charge on any atom is -0.484 e. The van der Waals surface area contributed by atoms with Gasteiger partial charge in [-0.3, -0.25) is 4.79 Å². The molecule has 0 radical (unpaired) electrons. The van der Waals surface area contributed by atoms with Crippen LogP contribution in [-0.2, 0) is 4.79 Å². The lowest BCUT2D eigenvalue weighted by molar-refractivity contribution is -0.124. The van der Waals surface area contributed by atoms with E-state index < -0.39 is 0 Å². The van der Waals surface area contributed by atoms with Crippen LogP contribution in [0.4, 0.5) is 10.3 Å². The molecule has 0 aliphatic carbocycles. The van der Waals surface area contributed by atoms with E-state index in [1.54, 1.807) is 18.5 Å². The number of aliphatic hydroxyl groups excluding tert-OH is 1. The Hall–Kier alpha value is -2.74. The van der Waals surface area contributed by atoms with Gasteiger partial charge in [0.15, 0.2) is 6.61 Å². The van der Waals surface area contributed by atoms with Crippen LogP contribution in [0.3, 0.4) is 0 Å². The third-order valence-corrected chi connectivity index (χ3v) is 4.04. The largest absolute Gasteiger partial charge is 0.484 e. The summed E-state index contributed by atoms with van der Waals surface area (Å²) in [6, 6.07) is 6.97. The molecule has 0 spiro atoms. The Morgan fingerprint density at radius 1 is 1.28 bits per heavy atom. The van der Waals surface area contributed by atoms with E-state index in [0.717, 1.165) is 0 Å². The molecular formula is C17H19FN4O3. The van der Waals surface area contributed by atoms with Crippen molar-refractivity contribution in [2.24, 2.45) is 5.92 Å². The maximum absolute atomic E-state index is 12.8. The summed E-state index contributed by atoms with van der Waals surface area (Å²) in [5, 5.41) is 12.4. The van der Waals surface area contributed by atoms with E-state index in [4.69, 9.17) is 4.74 Å². The number of carbonyl (C=O) groups is 1. The van der Waals surface area contributed by atoms with Gasteiger partial charge in [-0.2, -0.15) is 0 Å². The first-order valence-corrected chi connectivity index (χ1v) is 7.96. The number of benzene rings is 1. The minimum atomic E-state index is -0.364. The maximum Gasteiger partial charge on any atom is 0.258 e. The molecule has 2 atom stereocenters. The van der Waals surface area contributed by atoms with E-state index in [9.17, 15) is 14.3 Å². The number of hydrogen-bond acceptors (Lipinski definition) is 6. The van der Waals surface area contributed by atoms with Gasteiger partial charge in [0.1, 0.15) is 11.6 Å². The van der Waals surface area contributed by atoms with Crippen molar-refractivity contribution in [2.75, 3.05) is 31.2 Å². The Bertz CT molecular complexity index is 699. The van der Waals surface area contributed by atoms with Crippen molar-refractivity contribution in [1.29, 1.82) is 0 Å². The second-order valence-electron chi connectivity index (χ2n) is 5.81. The van der Waals surface area contributed by atoms with E-state index in [-0.39, 0.29) is 36.9 Å². The first kappa shape index (κ1) is 17.1. The molecule has 1 aromatic carbocycles. The lowest BCUT2D eigenvalue weighted by Crippen LogP contribution is -2.43. The molecule has 2 N–H and O–H groups in total. The number of rotatable bonds is 6. The van der Waals surface area contributed by atoms with Crippen LogP contribution in [0.2, 0.25) is 0 Å². The highest BCUT2D eigenvalue weighted by Crippen LogP contribution is 2.20. The van der Waals surface area contributed by atoms with Crippen molar-refractivity contribution in [3.8, 4) is 5.75 Å². The Labute approximate surface area is 144 Å². The zero-order valence-corrected chi connectivity index (χ0v) is 13.5. The van der Waals surface area contributed by atoms with Crippen molar-refractivity contribution >= 4 is 11.9 Å². The van der Waals surface area contributed by atoms with Crippen molar-refractivity contribution in [1.82, 2.24) is 15.3 Å². The number of anilines is 1. The number of halogens is 1. The van der Waals surface area contributed by atoms with Gasteiger partial charge in [0.2, 0.25) is 5.95 Å². The zero-order valence-electron chi connectivity index (χ0n) is 13.5. The van der Waals surface area contributed by atoms with E-state index in [1.807, 2.05) is 4.90 Å². The fourth-order valence-corrected chi connectivity index (χ4v) is 2.77. The van der Waals surface area contributed by atoms with Gasteiger partial charge in [-0.25, -0.2) is 14.4 Å². The molecule has 0 saturated carbocycles. The third-order valence-electron chi connectivity index (χ3n) is 4.04. The molecule has 1 aliphatic heterocycles. The molecule has 0 bridgehead atoms. The number of amides is 1. The number of nitrogens with zero attached hydrogens (tertiary/aromatic N) is 3. The average Bonchev–Trinajstić information content (AvgIpc) is 3.05. The van der Waals surface area contributed by atoms with Crippen LogP contribution >= 0.6 is 0 Å². The number of hydrogen-bond donors (Lipinski definition) is 2. The Kier molecular flexibility index (Phi) is 5.39. The van der Waals surface area contributed by atoms with Gasteiger partial charge in [0, 0.05) is 38.0 Å². The fraction of sp³-hybridized carbons (Fsp3) is 0.353. The van der Waals surface area contributed by atoms with Crippen LogP contribution in [0, 0.1) is 11.7 Å². The predicted octanol–water partition coefficient (Wildman–Crippen LogP) is 0.608. The lowest BCUT2D eigenvalue weighted by Gasteiger charge is -2.18. The first-order valence-electron chi connectivity index (χ1n) is 7.96. The van der Waals surface area contributed by atoms with E-state index in [2.05, 4.69) is 15.3 Å². The second-order valence-corrected chi connectivity index (χ2v) is 5.81. The zero-order chi connectivity index (χ0) is 17.6. The molecule has 2 heterocycles. The highest BCUT2D eigenvalue weighted by atomic mass is 19.1. The maximum atomic E-state index is 12.8. The summed E-state index contributed by atoms with van der Waals surface area (Å²) in [5.74, 6) is 0.209. The van der Waals surface area contributed by atoms with Gasteiger partial charge in [0.05, 0.1) is 6.04 Å². The van der Waals surface area contributed by atoms with E-state index >= 15 is 0 Å². The Morgan fingerprint density at radius 2 is 2.00 bits per heavy atom. The van der Waals surface area contributed by atoms with Crippen molar-refractivity contribution in [3.05, 3.63) is 48.5 Å². The molecule has 2 aromatic rings. The molecule has 0 unspecified atom stereocenters. The van der Waals surface area contributed by atoms with Crippen LogP contribution in [-0.4, -0.2) is 53.3 Å². The number of ether oxygens (including phenoxy) is 1. The average molecular weight is 346 g/mol. The molecular weight excluding hydrogens is 327 g/mol. The van der Waals surface area contributed by atoms with Crippen molar-refractivity contribution < 1.29 is 19.0 Å². The molecule has 1 saturated heterocycles. The number of nitrogens with one attached hydrogen (secondary N) is 1. The van der Waals surface area contributed by atoms with E-state index in [0.29, 0.717) is 24.8 Å². The molecule has 25 heavy (non-hydrogen) atoms. The summed E-state index contributed by atoms with van der Waals surface area (Å²) in [6.07, 6.45) is 3.30. The molecule has 132 valence electrons. The van der Waals surface area contributed by atoms with Gasteiger partial charge in [-0.15, -0.1) is 0 Å². The SMILES string of the molecule is O=C(COc1ccc(F)cc1)N[C@@H]1CN(c2ncccn2)C[C@H]1CO.